The summed E-state index contributed by atoms with van der Waals surface area (Å²) in [6.07, 6.45) is 3.63. The summed E-state index contributed by atoms with van der Waals surface area (Å²) in [7, 11) is 0. The van der Waals surface area contributed by atoms with Crippen molar-refractivity contribution in [2.24, 2.45) is 0 Å². The number of aliphatic hydroxyl groups excluding tert-OH is 1. The lowest BCUT2D eigenvalue weighted by Crippen LogP contribution is -2.31. The van der Waals surface area contributed by atoms with Gasteiger partial charge in [-0.25, -0.2) is 0 Å². The third kappa shape index (κ3) is 5.30. The Bertz CT molecular complexity index is 310. The van der Waals surface area contributed by atoms with Crippen molar-refractivity contribution in [3.8, 4) is 5.75 Å². The highest BCUT2D eigenvalue weighted by Gasteiger charge is 2.04. The van der Waals surface area contributed by atoms with Gasteiger partial charge in [0.1, 0.15) is 18.5 Å². The van der Waals surface area contributed by atoms with Crippen LogP contribution >= 0.6 is 11.6 Å². The number of aromatic nitrogens is 1. The Labute approximate surface area is 101 Å². The van der Waals surface area contributed by atoms with Crippen LogP contribution in [0.2, 0.25) is 5.02 Å². The zero-order valence-corrected chi connectivity index (χ0v) is 10.1. The molecule has 0 fully saturated rings. The number of ether oxygens (including phenoxy) is 1. The SMILES string of the molecule is CCCNCC(O)COc1cncc(Cl)c1. The van der Waals surface area contributed by atoms with Crippen LogP contribution in [0.25, 0.3) is 0 Å². The molecule has 0 spiro atoms. The molecule has 1 heterocycles. The summed E-state index contributed by atoms with van der Waals surface area (Å²) in [6, 6.07) is 1.67. The standard InChI is InChI=1S/C11H17ClN2O2/c1-2-3-13-6-10(15)8-16-11-4-9(12)5-14-7-11/h4-5,7,10,13,15H,2-3,6,8H2,1H3. The summed E-state index contributed by atoms with van der Waals surface area (Å²) in [5.41, 5.74) is 0. The molecule has 0 amide bonds. The molecule has 5 heteroatoms. The van der Waals surface area contributed by atoms with Crippen LogP contribution in [0.4, 0.5) is 0 Å². The normalized spacial score (nSPS) is 12.4. The summed E-state index contributed by atoms with van der Waals surface area (Å²) in [5, 5.41) is 13.2. The summed E-state index contributed by atoms with van der Waals surface area (Å²) < 4.78 is 5.34. The second-order valence-electron chi connectivity index (χ2n) is 3.51. The first kappa shape index (κ1) is 13.2. The highest BCUT2D eigenvalue weighted by molar-refractivity contribution is 6.30. The van der Waals surface area contributed by atoms with Crippen molar-refractivity contribution in [3.05, 3.63) is 23.5 Å². The van der Waals surface area contributed by atoms with Crippen LogP contribution < -0.4 is 10.1 Å². The maximum Gasteiger partial charge on any atom is 0.139 e. The van der Waals surface area contributed by atoms with E-state index >= 15 is 0 Å². The second-order valence-corrected chi connectivity index (χ2v) is 3.94. The van der Waals surface area contributed by atoms with Crippen LogP contribution in [-0.2, 0) is 0 Å². The number of aliphatic hydroxyl groups is 1. The molecule has 1 unspecified atom stereocenters. The Morgan fingerprint density at radius 3 is 3.06 bits per heavy atom. The van der Waals surface area contributed by atoms with E-state index < -0.39 is 6.10 Å². The van der Waals surface area contributed by atoms with Crippen LogP contribution in [-0.4, -0.2) is 35.9 Å². The molecule has 1 rings (SSSR count). The minimum Gasteiger partial charge on any atom is -0.489 e. The lowest BCUT2D eigenvalue weighted by molar-refractivity contribution is 0.106. The highest BCUT2D eigenvalue weighted by atomic mass is 35.5. The number of hydrogen-bond donors (Lipinski definition) is 2. The van der Waals surface area contributed by atoms with Crippen molar-refractivity contribution in [2.75, 3.05) is 19.7 Å². The van der Waals surface area contributed by atoms with Crippen molar-refractivity contribution < 1.29 is 9.84 Å². The van der Waals surface area contributed by atoms with Crippen LogP contribution in [0.5, 0.6) is 5.75 Å². The van der Waals surface area contributed by atoms with Crippen molar-refractivity contribution in [1.82, 2.24) is 10.3 Å². The average Bonchev–Trinajstić information content (AvgIpc) is 2.27. The molecule has 1 aromatic heterocycles. The topological polar surface area (TPSA) is 54.4 Å². The predicted octanol–water partition coefficient (Wildman–Crippen LogP) is 1.47. The lowest BCUT2D eigenvalue weighted by atomic mass is 10.3. The molecule has 2 N–H and O–H groups in total. The third-order valence-corrected chi connectivity index (χ3v) is 2.14. The molecule has 0 saturated carbocycles. The van der Waals surface area contributed by atoms with Gasteiger partial charge in [-0.1, -0.05) is 18.5 Å². The van der Waals surface area contributed by atoms with E-state index in [1.54, 1.807) is 12.3 Å². The summed E-state index contributed by atoms with van der Waals surface area (Å²) >= 11 is 5.75. The molecule has 0 bridgehead atoms. The van der Waals surface area contributed by atoms with Gasteiger partial charge < -0.3 is 15.2 Å². The number of hydrogen-bond acceptors (Lipinski definition) is 4. The molecule has 4 nitrogen and oxygen atoms in total. The Morgan fingerprint density at radius 1 is 1.56 bits per heavy atom. The summed E-state index contributed by atoms with van der Waals surface area (Å²) in [6.45, 7) is 3.74. The monoisotopic (exact) mass is 244 g/mol. The van der Waals surface area contributed by atoms with Crippen LogP contribution in [0.3, 0.4) is 0 Å². The van der Waals surface area contributed by atoms with E-state index in [0.717, 1.165) is 13.0 Å². The van der Waals surface area contributed by atoms with E-state index in [4.69, 9.17) is 16.3 Å². The Morgan fingerprint density at radius 2 is 2.38 bits per heavy atom. The first-order chi connectivity index (χ1) is 7.72. The lowest BCUT2D eigenvalue weighted by Gasteiger charge is -2.12. The smallest absolute Gasteiger partial charge is 0.139 e. The Kier molecular flexibility index (Phi) is 6.15. The molecule has 1 aromatic rings. The fourth-order valence-electron chi connectivity index (χ4n) is 1.17. The van der Waals surface area contributed by atoms with Gasteiger partial charge in [0.05, 0.1) is 11.2 Å². The van der Waals surface area contributed by atoms with Crippen LogP contribution in [0.1, 0.15) is 13.3 Å². The zero-order valence-electron chi connectivity index (χ0n) is 9.32. The number of halogens is 1. The van der Waals surface area contributed by atoms with Crippen molar-refractivity contribution >= 4 is 11.6 Å². The molecule has 0 saturated heterocycles. The van der Waals surface area contributed by atoms with Gasteiger partial charge >= 0.3 is 0 Å². The zero-order chi connectivity index (χ0) is 11.8. The maximum atomic E-state index is 9.57. The Balaban J connectivity index is 2.23. The minimum atomic E-state index is -0.523. The molecule has 16 heavy (non-hydrogen) atoms. The minimum absolute atomic E-state index is 0.235. The van der Waals surface area contributed by atoms with E-state index in [1.807, 2.05) is 0 Å². The summed E-state index contributed by atoms with van der Waals surface area (Å²) in [4.78, 5) is 3.88. The van der Waals surface area contributed by atoms with Crippen LogP contribution in [0, 0.1) is 0 Å². The van der Waals surface area contributed by atoms with Gasteiger partial charge in [-0.3, -0.25) is 4.98 Å². The number of nitrogens with zero attached hydrogens (tertiary/aromatic N) is 1. The molecule has 0 aromatic carbocycles. The number of rotatable bonds is 7. The first-order valence-electron chi connectivity index (χ1n) is 5.34. The molecule has 0 aliphatic carbocycles. The fraction of sp³-hybridized carbons (Fsp3) is 0.545. The van der Waals surface area contributed by atoms with E-state index in [0.29, 0.717) is 17.3 Å². The van der Waals surface area contributed by atoms with E-state index in [1.165, 1.54) is 6.20 Å². The fourth-order valence-corrected chi connectivity index (χ4v) is 1.33. The average molecular weight is 245 g/mol. The molecule has 0 radical (unpaired) electrons. The van der Waals surface area contributed by atoms with Gasteiger partial charge in [0.15, 0.2) is 0 Å². The molecular formula is C11H17ClN2O2. The maximum absolute atomic E-state index is 9.57. The van der Waals surface area contributed by atoms with Gasteiger partial charge in [0.25, 0.3) is 0 Å². The van der Waals surface area contributed by atoms with Gasteiger partial charge in [-0.15, -0.1) is 0 Å². The highest BCUT2D eigenvalue weighted by Crippen LogP contribution is 2.14. The van der Waals surface area contributed by atoms with Gasteiger partial charge in [0, 0.05) is 18.8 Å². The van der Waals surface area contributed by atoms with Gasteiger partial charge in [0.2, 0.25) is 0 Å². The molecule has 0 aliphatic rings. The first-order valence-corrected chi connectivity index (χ1v) is 5.72. The largest absolute Gasteiger partial charge is 0.489 e. The second kappa shape index (κ2) is 7.44. The predicted molar refractivity (Wildman–Crippen MR) is 63.9 cm³/mol. The molecule has 1 atom stereocenters. The van der Waals surface area contributed by atoms with Crippen molar-refractivity contribution in [2.45, 2.75) is 19.4 Å². The number of pyridine rings is 1. The van der Waals surface area contributed by atoms with Crippen molar-refractivity contribution in [1.29, 1.82) is 0 Å². The molecule has 90 valence electrons. The van der Waals surface area contributed by atoms with E-state index in [-0.39, 0.29) is 6.61 Å². The van der Waals surface area contributed by atoms with Crippen molar-refractivity contribution in [3.63, 3.8) is 0 Å². The molecular weight excluding hydrogens is 228 g/mol. The molecule has 0 aliphatic heterocycles. The van der Waals surface area contributed by atoms with E-state index in [2.05, 4.69) is 17.2 Å². The third-order valence-electron chi connectivity index (χ3n) is 1.93. The quantitative estimate of drug-likeness (QED) is 0.714. The van der Waals surface area contributed by atoms with Gasteiger partial charge in [-0.2, -0.15) is 0 Å². The Hall–Kier alpha value is -0.840. The van der Waals surface area contributed by atoms with Gasteiger partial charge in [-0.05, 0) is 13.0 Å². The number of nitrogens with one attached hydrogen (secondary N) is 1. The summed E-state index contributed by atoms with van der Waals surface area (Å²) in [5.74, 6) is 0.571. The van der Waals surface area contributed by atoms with Crippen LogP contribution in [0.15, 0.2) is 18.5 Å². The van der Waals surface area contributed by atoms with E-state index in [9.17, 15) is 5.11 Å².